The monoisotopic (exact) mass is 231 g/mol. The van der Waals surface area contributed by atoms with E-state index in [1.54, 1.807) is 0 Å². The lowest BCUT2D eigenvalue weighted by Gasteiger charge is -2.20. The van der Waals surface area contributed by atoms with Crippen LogP contribution in [0.25, 0.3) is 0 Å². The van der Waals surface area contributed by atoms with E-state index >= 15 is 0 Å². The molecular formula is C10H17NO5. The zero-order valence-electron chi connectivity index (χ0n) is 9.31. The number of amides is 1. The van der Waals surface area contributed by atoms with Crippen LogP contribution in [0.2, 0.25) is 0 Å². The fraction of sp³-hybridized carbons (Fsp3) is 0.700. The van der Waals surface area contributed by atoms with Gasteiger partial charge in [-0.3, -0.25) is 14.4 Å². The second-order valence-corrected chi connectivity index (χ2v) is 3.42. The number of aliphatic carboxylic acids is 2. The molecule has 6 nitrogen and oxygen atoms in total. The van der Waals surface area contributed by atoms with Crippen LogP contribution in [-0.4, -0.2) is 46.0 Å². The third kappa shape index (κ3) is 6.80. The van der Waals surface area contributed by atoms with Crippen molar-refractivity contribution in [2.75, 3.05) is 13.1 Å². The second-order valence-electron chi connectivity index (χ2n) is 3.42. The van der Waals surface area contributed by atoms with Crippen molar-refractivity contribution >= 4 is 17.8 Å². The van der Waals surface area contributed by atoms with Crippen molar-refractivity contribution in [3.63, 3.8) is 0 Å². The molecule has 0 atom stereocenters. The summed E-state index contributed by atoms with van der Waals surface area (Å²) in [6, 6.07) is 0. The highest BCUT2D eigenvalue weighted by Crippen LogP contribution is 2.01. The quantitative estimate of drug-likeness (QED) is 0.636. The van der Waals surface area contributed by atoms with Crippen molar-refractivity contribution in [1.29, 1.82) is 0 Å². The molecule has 92 valence electrons. The van der Waals surface area contributed by atoms with Gasteiger partial charge in [-0.05, 0) is 6.42 Å². The zero-order chi connectivity index (χ0) is 12.6. The van der Waals surface area contributed by atoms with Gasteiger partial charge in [0.05, 0.1) is 12.8 Å². The maximum absolute atomic E-state index is 11.5. The molecule has 0 aromatic heterocycles. The fourth-order valence-electron chi connectivity index (χ4n) is 1.19. The van der Waals surface area contributed by atoms with Crippen molar-refractivity contribution in [2.24, 2.45) is 0 Å². The van der Waals surface area contributed by atoms with Gasteiger partial charge < -0.3 is 15.1 Å². The molecule has 0 aliphatic carbocycles. The van der Waals surface area contributed by atoms with Crippen LogP contribution in [0.15, 0.2) is 0 Å². The number of nitrogens with zero attached hydrogens (tertiary/aromatic N) is 1. The van der Waals surface area contributed by atoms with Crippen LogP contribution in [0.4, 0.5) is 0 Å². The summed E-state index contributed by atoms with van der Waals surface area (Å²) in [7, 11) is 0. The summed E-state index contributed by atoms with van der Waals surface area (Å²) in [5.41, 5.74) is 0. The molecule has 0 bridgehead atoms. The Labute approximate surface area is 93.9 Å². The van der Waals surface area contributed by atoms with Gasteiger partial charge in [-0.15, -0.1) is 0 Å². The Hall–Kier alpha value is -1.59. The summed E-state index contributed by atoms with van der Waals surface area (Å²) < 4.78 is 0. The highest BCUT2D eigenvalue weighted by atomic mass is 16.4. The minimum Gasteiger partial charge on any atom is -0.481 e. The third-order valence-electron chi connectivity index (χ3n) is 2.01. The Morgan fingerprint density at radius 2 is 1.38 bits per heavy atom. The first-order valence-electron chi connectivity index (χ1n) is 5.18. The molecule has 0 saturated heterocycles. The molecule has 0 rings (SSSR count). The molecule has 0 radical (unpaired) electrons. The van der Waals surface area contributed by atoms with Crippen LogP contribution in [0.1, 0.15) is 32.6 Å². The molecule has 0 aromatic rings. The number of hydrogen-bond acceptors (Lipinski definition) is 3. The van der Waals surface area contributed by atoms with Gasteiger partial charge in [0.15, 0.2) is 0 Å². The minimum absolute atomic E-state index is 0.0709. The smallest absolute Gasteiger partial charge is 0.305 e. The molecule has 0 aliphatic rings. The van der Waals surface area contributed by atoms with Crippen molar-refractivity contribution < 1.29 is 24.6 Å². The lowest BCUT2D eigenvalue weighted by Crippen LogP contribution is -2.34. The van der Waals surface area contributed by atoms with Gasteiger partial charge in [0.1, 0.15) is 0 Å². The van der Waals surface area contributed by atoms with Gasteiger partial charge in [0.25, 0.3) is 0 Å². The number of rotatable bonds is 8. The number of carbonyl (C=O) groups excluding carboxylic acids is 1. The number of carbonyl (C=O) groups is 3. The molecule has 0 fully saturated rings. The molecule has 0 aliphatic heterocycles. The summed E-state index contributed by atoms with van der Waals surface area (Å²) in [4.78, 5) is 33.5. The molecule has 16 heavy (non-hydrogen) atoms. The van der Waals surface area contributed by atoms with Crippen LogP contribution in [0.3, 0.4) is 0 Å². The van der Waals surface area contributed by atoms with Gasteiger partial charge in [0.2, 0.25) is 5.91 Å². The van der Waals surface area contributed by atoms with E-state index in [0.29, 0.717) is 12.8 Å². The molecular weight excluding hydrogens is 214 g/mol. The maximum Gasteiger partial charge on any atom is 0.305 e. The summed E-state index contributed by atoms with van der Waals surface area (Å²) >= 11 is 0. The van der Waals surface area contributed by atoms with Crippen LogP contribution in [0, 0.1) is 0 Å². The van der Waals surface area contributed by atoms with Gasteiger partial charge >= 0.3 is 11.9 Å². The predicted molar refractivity (Wildman–Crippen MR) is 56.0 cm³/mol. The molecule has 6 heteroatoms. The van der Waals surface area contributed by atoms with E-state index in [1.807, 2.05) is 6.92 Å². The largest absolute Gasteiger partial charge is 0.481 e. The van der Waals surface area contributed by atoms with Crippen LogP contribution >= 0.6 is 0 Å². The van der Waals surface area contributed by atoms with E-state index in [1.165, 1.54) is 4.90 Å². The average Bonchev–Trinajstić information content (AvgIpc) is 2.17. The van der Waals surface area contributed by atoms with Crippen molar-refractivity contribution in [1.82, 2.24) is 4.90 Å². The highest BCUT2D eigenvalue weighted by molar-refractivity contribution is 5.77. The maximum atomic E-state index is 11.5. The van der Waals surface area contributed by atoms with E-state index in [9.17, 15) is 14.4 Å². The third-order valence-corrected chi connectivity index (χ3v) is 2.01. The first-order chi connectivity index (χ1) is 7.47. The lowest BCUT2D eigenvalue weighted by atomic mass is 10.2. The zero-order valence-corrected chi connectivity index (χ0v) is 9.31. The molecule has 0 aromatic carbocycles. The van der Waals surface area contributed by atoms with Crippen molar-refractivity contribution in [3.05, 3.63) is 0 Å². The molecule has 0 spiro atoms. The molecule has 2 N–H and O–H groups in total. The van der Waals surface area contributed by atoms with E-state index in [-0.39, 0.29) is 31.8 Å². The molecule has 0 saturated carbocycles. The normalized spacial score (nSPS) is 9.81. The Morgan fingerprint density at radius 3 is 1.69 bits per heavy atom. The first kappa shape index (κ1) is 14.4. The number of carboxylic acids is 2. The van der Waals surface area contributed by atoms with Gasteiger partial charge in [-0.25, -0.2) is 0 Å². The first-order valence-corrected chi connectivity index (χ1v) is 5.18. The van der Waals surface area contributed by atoms with E-state index in [2.05, 4.69) is 0 Å². The molecule has 1 amide bonds. The lowest BCUT2D eigenvalue weighted by molar-refractivity contribution is -0.139. The number of carboxylic acid groups (broad SMARTS) is 2. The van der Waals surface area contributed by atoms with Gasteiger partial charge in [-0.2, -0.15) is 0 Å². The molecule has 0 heterocycles. The average molecular weight is 231 g/mol. The SMILES string of the molecule is CCCC(=O)N(CCC(=O)O)CCC(=O)O. The second kappa shape index (κ2) is 7.67. The van der Waals surface area contributed by atoms with Crippen LogP contribution in [-0.2, 0) is 14.4 Å². The van der Waals surface area contributed by atoms with E-state index in [0.717, 1.165) is 0 Å². The van der Waals surface area contributed by atoms with Gasteiger partial charge in [-0.1, -0.05) is 6.92 Å². The van der Waals surface area contributed by atoms with E-state index in [4.69, 9.17) is 10.2 Å². The van der Waals surface area contributed by atoms with Crippen molar-refractivity contribution in [2.45, 2.75) is 32.6 Å². The summed E-state index contributed by atoms with van der Waals surface area (Å²) in [6.45, 7) is 1.98. The van der Waals surface area contributed by atoms with Crippen LogP contribution in [0.5, 0.6) is 0 Å². The Balaban J connectivity index is 4.19. The highest BCUT2D eigenvalue weighted by Gasteiger charge is 2.14. The van der Waals surface area contributed by atoms with E-state index < -0.39 is 11.9 Å². The minimum atomic E-state index is -0.996. The summed E-state index contributed by atoms with van der Waals surface area (Å²) in [5.74, 6) is -2.18. The summed E-state index contributed by atoms with van der Waals surface area (Å²) in [6.07, 6.45) is 0.666. The summed E-state index contributed by atoms with van der Waals surface area (Å²) in [5, 5.41) is 17.0. The molecule has 0 unspecified atom stereocenters. The topological polar surface area (TPSA) is 94.9 Å². The Kier molecular flexibility index (Phi) is 6.91. The number of hydrogen-bond donors (Lipinski definition) is 2. The van der Waals surface area contributed by atoms with Crippen LogP contribution < -0.4 is 0 Å². The standard InChI is InChI=1S/C10H17NO5/c1-2-3-8(12)11(6-4-9(13)14)7-5-10(15)16/h2-7H2,1H3,(H,13,14)(H,15,16). The predicted octanol–water partition coefficient (Wildman–Crippen LogP) is 0.564. The van der Waals surface area contributed by atoms with Gasteiger partial charge in [0, 0.05) is 19.5 Å². The Bertz CT molecular complexity index is 246. The van der Waals surface area contributed by atoms with Crippen molar-refractivity contribution in [3.8, 4) is 0 Å². The Morgan fingerprint density at radius 1 is 0.938 bits per heavy atom. The fourth-order valence-corrected chi connectivity index (χ4v) is 1.19.